The highest BCUT2D eigenvalue weighted by molar-refractivity contribution is 5.67. The smallest absolute Gasteiger partial charge is 0.410 e. The largest absolute Gasteiger partial charge is 0.494 e. The molecule has 4 heteroatoms. The molecule has 0 radical (unpaired) electrons. The molecule has 3 rings (SSSR count). The number of amides is 1. The van der Waals surface area contributed by atoms with Crippen LogP contribution in [-0.4, -0.2) is 30.7 Å². The van der Waals surface area contributed by atoms with Crippen molar-refractivity contribution >= 4 is 6.09 Å². The zero-order chi connectivity index (χ0) is 17.5. The van der Waals surface area contributed by atoms with Crippen LogP contribution < -0.4 is 4.74 Å². The molecule has 4 nitrogen and oxygen atoms in total. The number of ether oxygens (including phenoxy) is 2. The Kier molecular flexibility index (Phi) is 5.94. The summed E-state index contributed by atoms with van der Waals surface area (Å²) in [5.74, 6) is 1.40. The van der Waals surface area contributed by atoms with Gasteiger partial charge in [-0.25, -0.2) is 4.79 Å². The number of carbonyl (C=O) groups is 1. The lowest BCUT2D eigenvalue weighted by molar-refractivity contribution is 0.0870. The molecule has 25 heavy (non-hydrogen) atoms. The lowest BCUT2D eigenvalue weighted by Crippen LogP contribution is -2.38. The van der Waals surface area contributed by atoms with Gasteiger partial charge in [-0.05, 0) is 48.9 Å². The Hall–Kier alpha value is -2.49. The second-order valence-electron chi connectivity index (χ2n) is 6.30. The van der Waals surface area contributed by atoms with E-state index in [1.54, 1.807) is 0 Å². The first-order valence-electron chi connectivity index (χ1n) is 8.94. The molecule has 1 aliphatic heterocycles. The molecule has 0 bridgehead atoms. The van der Waals surface area contributed by atoms with Gasteiger partial charge in [0.2, 0.25) is 0 Å². The maximum atomic E-state index is 12.2. The number of hydrogen-bond acceptors (Lipinski definition) is 3. The number of piperidine rings is 1. The number of rotatable bonds is 5. The molecule has 132 valence electrons. The Bertz CT molecular complexity index is 661. The fourth-order valence-electron chi connectivity index (χ4n) is 3.21. The van der Waals surface area contributed by atoms with Gasteiger partial charge in [-0.1, -0.05) is 42.5 Å². The van der Waals surface area contributed by atoms with Crippen molar-refractivity contribution in [3.05, 3.63) is 65.7 Å². The van der Waals surface area contributed by atoms with Crippen LogP contribution in [0.25, 0.3) is 0 Å². The quantitative estimate of drug-likeness (QED) is 0.799. The van der Waals surface area contributed by atoms with Crippen molar-refractivity contribution in [1.29, 1.82) is 0 Å². The first-order valence-corrected chi connectivity index (χ1v) is 8.94. The summed E-state index contributed by atoms with van der Waals surface area (Å²) in [5.41, 5.74) is 2.33. The third kappa shape index (κ3) is 4.75. The summed E-state index contributed by atoms with van der Waals surface area (Å²) in [6.07, 6.45) is 1.72. The lowest BCUT2D eigenvalue weighted by Gasteiger charge is -2.31. The van der Waals surface area contributed by atoms with E-state index in [-0.39, 0.29) is 6.09 Å². The summed E-state index contributed by atoms with van der Waals surface area (Å²) in [6.45, 7) is 4.48. The highest BCUT2D eigenvalue weighted by Crippen LogP contribution is 2.29. The number of likely N-dealkylation sites (tertiary alicyclic amines) is 1. The maximum absolute atomic E-state index is 12.2. The molecule has 1 fully saturated rings. The molecule has 1 heterocycles. The molecule has 2 aromatic rings. The van der Waals surface area contributed by atoms with E-state index in [1.165, 1.54) is 5.56 Å². The van der Waals surface area contributed by atoms with Crippen molar-refractivity contribution in [2.24, 2.45) is 0 Å². The fourth-order valence-corrected chi connectivity index (χ4v) is 3.21. The molecule has 2 aromatic carbocycles. The highest BCUT2D eigenvalue weighted by Gasteiger charge is 2.24. The number of carbonyl (C=O) groups excluding carboxylic acids is 1. The van der Waals surface area contributed by atoms with Gasteiger partial charge in [-0.2, -0.15) is 0 Å². The molecule has 0 aliphatic carbocycles. The van der Waals surface area contributed by atoms with Gasteiger partial charge < -0.3 is 14.4 Å². The topological polar surface area (TPSA) is 38.8 Å². The van der Waals surface area contributed by atoms with Gasteiger partial charge >= 0.3 is 6.09 Å². The summed E-state index contributed by atoms with van der Waals surface area (Å²) in [4.78, 5) is 14.0. The molecule has 0 unspecified atom stereocenters. The summed E-state index contributed by atoms with van der Waals surface area (Å²) in [5, 5.41) is 0. The van der Waals surface area contributed by atoms with Gasteiger partial charge in [0.05, 0.1) is 6.61 Å². The molecule has 0 N–H and O–H groups in total. The molecule has 0 aromatic heterocycles. The van der Waals surface area contributed by atoms with Crippen LogP contribution in [0.3, 0.4) is 0 Å². The van der Waals surface area contributed by atoms with Crippen molar-refractivity contribution in [2.45, 2.75) is 32.3 Å². The van der Waals surface area contributed by atoms with Gasteiger partial charge in [0.1, 0.15) is 12.4 Å². The molecule has 1 amide bonds. The molecule has 0 spiro atoms. The van der Waals surface area contributed by atoms with E-state index in [9.17, 15) is 4.79 Å². The Morgan fingerprint density at radius 1 is 1.04 bits per heavy atom. The van der Waals surface area contributed by atoms with E-state index >= 15 is 0 Å². The first kappa shape index (κ1) is 17.3. The van der Waals surface area contributed by atoms with Crippen LogP contribution in [0.2, 0.25) is 0 Å². The molecule has 0 saturated carbocycles. The first-order chi connectivity index (χ1) is 12.3. The van der Waals surface area contributed by atoms with Crippen molar-refractivity contribution in [3.8, 4) is 5.75 Å². The monoisotopic (exact) mass is 339 g/mol. The zero-order valence-electron chi connectivity index (χ0n) is 14.7. The predicted octanol–water partition coefficient (Wildman–Crippen LogP) is 4.60. The van der Waals surface area contributed by atoms with Crippen LogP contribution in [0.1, 0.15) is 36.8 Å². The predicted molar refractivity (Wildman–Crippen MR) is 97.8 cm³/mol. The minimum atomic E-state index is -0.214. The average Bonchev–Trinajstić information content (AvgIpc) is 2.68. The van der Waals surface area contributed by atoms with Crippen molar-refractivity contribution in [2.75, 3.05) is 19.7 Å². The van der Waals surface area contributed by atoms with Crippen LogP contribution in [-0.2, 0) is 11.3 Å². The average molecular weight is 339 g/mol. The Morgan fingerprint density at radius 2 is 1.72 bits per heavy atom. The lowest BCUT2D eigenvalue weighted by atomic mass is 9.89. The Labute approximate surface area is 149 Å². The van der Waals surface area contributed by atoms with E-state index < -0.39 is 0 Å². The van der Waals surface area contributed by atoms with E-state index in [2.05, 4.69) is 12.1 Å². The molecular formula is C21H25NO3. The number of benzene rings is 2. The zero-order valence-corrected chi connectivity index (χ0v) is 14.7. The van der Waals surface area contributed by atoms with E-state index in [4.69, 9.17) is 9.47 Å². The Morgan fingerprint density at radius 3 is 2.36 bits per heavy atom. The van der Waals surface area contributed by atoms with Crippen LogP contribution in [0.15, 0.2) is 54.6 Å². The van der Waals surface area contributed by atoms with Crippen molar-refractivity contribution in [1.82, 2.24) is 4.90 Å². The van der Waals surface area contributed by atoms with Crippen molar-refractivity contribution < 1.29 is 14.3 Å². The van der Waals surface area contributed by atoms with Crippen LogP contribution >= 0.6 is 0 Å². The summed E-state index contributed by atoms with van der Waals surface area (Å²) in [6, 6.07) is 18.1. The highest BCUT2D eigenvalue weighted by atomic mass is 16.6. The summed E-state index contributed by atoms with van der Waals surface area (Å²) >= 11 is 0. The maximum Gasteiger partial charge on any atom is 0.410 e. The van der Waals surface area contributed by atoms with Gasteiger partial charge in [0, 0.05) is 13.1 Å². The normalized spacial score (nSPS) is 15.0. The van der Waals surface area contributed by atoms with Gasteiger partial charge in [-0.3, -0.25) is 0 Å². The number of nitrogens with zero attached hydrogens (tertiary/aromatic N) is 1. The standard InChI is InChI=1S/C21H25NO3/c1-2-24-20-10-8-18(9-11-20)19-12-14-22(15-13-19)21(23)25-16-17-6-4-3-5-7-17/h3-11,19H,2,12-16H2,1H3. The van der Waals surface area contributed by atoms with E-state index in [0.29, 0.717) is 19.1 Å². The summed E-state index contributed by atoms with van der Waals surface area (Å²) in [7, 11) is 0. The number of hydrogen-bond donors (Lipinski definition) is 0. The molecule has 0 atom stereocenters. The molecular weight excluding hydrogens is 314 g/mol. The summed E-state index contributed by atoms with van der Waals surface area (Å²) < 4.78 is 10.9. The minimum Gasteiger partial charge on any atom is -0.494 e. The van der Waals surface area contributed by atoms with Gasteiger partial charge in [0.25, 0.3) is 0 Å². The van der Waals surface area contributed by atoms with Crippen LogP contribution in [0.4, 0.5) is 4.79 Å². The van der Waals surface area contributed by atoms with E-state index in [0.717, 1.165) is 37.2 Å². The van der Waals surface area contributed by atoms with Crippen molar-refractivity contribution in [3.63, 3.8) is 0 Å². The second kappa shape index (κ2) is 8.56. The molecule has 1 saturated heterocycles. The SMILES string of the molecule is CCOc1ccc(C2CCN(C(=O)OCc3ccccc3)CC2)cc1. The third-order valence-corrected chi connectivity index (χ3v) is 4.62. The van der Waals surface area contributed by atoms with Crippen LogP contribution in [0.5, 0.6) is 5.75 Å². The van der Waals surface area contributed by atoms with E-state index in [1.807, 2.05) is 54.3 Å². The Balaban J connectivity index is 1.47. The fraction of sp³-hybridized carbons (Fsp3) is 0.381. The second-order valence-corrected chi connectivity index (χ2v) is 6.30. The van der Waals surface area contributed by atoms with Crippen LogP contribution in [0, 0.1) is 0 Å². The third-order valence-electron chi connectivity index (χ3n) is 4.62. The molecule has 1 aliphatic rings. The van der Waals surface area contributed by atoms with Gasteiger partial charge in [0.15, 0.2) is 0 Å². The minimum absolute atomic E-state index is 0.214. The van der Waals surface area contributed by atoms with Gasteiger partial charge in [-0.15, -0.1) is 0 Å².